The van der Waals surface area contributed by atoms with Gasteiger partial charge < -0.3 is 4.98 Å². The first kappa shape index (κ1) is 12.1. The topological polar surface area (TPSA) is 28.7 Å². The molecule has 1 N–H and O–H groups in total. The van der Waals surface area contributed by atoms with Gasteiger partial charge in [0.05, 0.1) is 5.75 Å². The molecule has 0 radical (unpaired) electrons. The lowest BCUT2D eigenvalue weighted by Crippen LogP contribution is -2.02. The maximum atomic E-state index is 5.36. The predicted molar refractivity (Wildman–Crippen MR) is 78.0 cm³/mol. The number of nitrogens with one attached hydrogen (secondary N) is 1. The van der Waals surface area contributed by atoms with Crippen LogP contribution < -0.4 is 0 Å². The molecule has 0 atom stereocenters. The molecular formula is C12H16N2S3. The van der Waals surface area contributed by atoms with E-state index in [0.717, 1.165) is 33.0 Å². The Morgan fingerprint density at radius 1 is 1.35 bits per heavy atom. The van der Waals surface area contributed by atoms with Gasteiger partial charge in [-0.25, -0.2) is 4.98 Å². The van der Waals surface area contributed by atoms with E-state index in [9.17, 15) is 0 Å². The summed E-state index contributed by atoms with van der Waals surface area (Å²) in [6.07, 6.45) is 5.57. The van der Waals surface area contributed by atoms with E-state index in [1.165, 1.54) is 36.9 Å². The molecule has 17 heavy (non-hydrogen) atoms. The number of fused-ring (bicyclic) bond motifs is 1. The third-order valence-corrected chi connectivity index (χ3v) is 6.11. The SMILES string of the molecule is S=c1nc(CSC2CCCC2)[nH]c2c1CSC2. The summed E-state index contributed by atoms with van der Waals surface area (Å²) in [5.74, 6) is 4.18. The van der Waals surface area contributed by atoms with Crippen LogP contribution in [0.4, 0.5) is 0 Å². The van der Waals surface area contributed by atoms with Gasteiger partial charge in [-0.05, 0) is 12.8 Å². The summed E-state index contributed by atoms with van der Waals surface area (Å²) < 4.78 is 0.825. The predicted octanol–water partition coefficient (Wildman–Crippen LogP) is 4.06. The van der Waals surface area contributed by atoms with Crippen molar-refractivity contribution in [1.29, 1.82) is 0 Å². The molecule has 0 saturated heterocycles. The van der Waals surface area contributed by atoms with Gasteiger partial charge in [0.1, 0.15) is 10.5 Å². The zero-order valence-corrected chi connectivity index (χ0v) is 12.1. The molecule has 1 saturated carbocycles. The Morgan fingerprint density at radius 3 is 3.00 bits per heavy atom. The lowest BCUT2D eigenvalue weighted by atomic mass is 10.3. The highest BCUT2D eigenvalue weighted by Gasteiger charge is 2.18. The third kappa shape index (κ3) is 2.71. The molecule has 0 aromatic carbocycles. The van der Waals surface area contributed by atoms with Crippen LogP contribution in [0.1, 0.15) is 42.8 Å². The maximum Gasteiger partial charge on any atom is 0.134 e. The molecule has 1 aromatic heterocycles. The quantitative estimate of drug-likeness (QED) is 0.847. The van der Waals surface area contributed by atoms with Gasteiger partial charge >= 0.3 is 0 Å². The van der Waals surface area contributed by atoms with Gasteiger partial charge in [-0.1, -0.05) is 25.1 Å². The summed E-state index contributed by atoms with van der Waals surface area (Å²) in [5.41, 5.74) is 2.58. The van der Waals surface area contributed by atoms with E-state index in [1.54, 1.807) is 0 Å². The van der Waals surface area contributed by atoms with Gasteiger partial charge in [-0.2, -0.15) is 23.5 Å². The van der Waals surface area contributed by atoms with E-state index in [-0.39, 0.29) is 0 Å². The molecule has 92 valence electrons. The monoisotopic (exact) mass is 284 g/mol. The normalized spacial score (nSPS) is 19.8. The highest BCUT2D eigenvalue weighted by atomic mass is 32.2. The third-order valence-electron chi connectivity index (χ3n) is 3.40. The molecule has 2 nitrogen and oxygen atoms in total. The zero-order chi connectivity index (χ0) is 11.7. The Labute approximate surface area is 115 Å². The number of aromatic nitrogens is 2. The van der Waals surface area contributed by atoms with Crippen LogP contribution in [0.3, 0.4) is 0 Å². The molecular weight excluding hydrogens is 268 g/mol. The standard InChI is InChI=1S/C12H16N2S3/c15-12-9-5-16-6-10(9)13-11(14-12)7-17-8-3-1-2-4-8/h8H,1-7H2,(H,13,14,15). The molecule has 0 unspecified atom stereocenters. The Balaban J connectivity index is 1.71. The van der Waals surface area contributed by atoms with Gasteiger partial charge in [0.2, 0.25) is 0 Å². The first-order valence-electron chi connectivity index (χ1n) is 6.13. The number of aromatic amines is 1. The average molecular weight is 284 g/mol. The zero-order valence-electron chi connectivity index (χ0n) is 9.70. The van der Waals surface area contributed by atoms with Gasteiger partial charge in [0.25, 0.3) is 0 Å². The molecule has 3 rings (SSSR count). The number of H-pyrrole nitrogens is 1. The molecule has 0 spiro atoms. The fraction of sp³-hybridized carbons (Fsp3) is 0.667. The van der Waals surface area contributed by atoms with Crippen LogP contribution in [0.25, 0.3) is 0 Å². The first-order valence-corrected chi connectivity index (χ1v) is 8.74. The summed E-state index contributed by atoms with van der Waals surface area (Å²) in [6, 6.07) is 0. The van der Waals surface area contributed by atoms with Crippen molar-refractivity contribution in [3.8, 4) is 0 Å². The van der Waals surface area contributed by atoms with Gasteiger partial charge in [0, 0.05) is 28.0 Å². The summed E-state index contributed by atoms with van der Waals surface area (Å²) in [6.45, 7) is 0. The lowest BCUT2D eigenvalue weighted by Gasteiger charge is -2.09. The fourth-order valence-electron chi connectivity index (χ4n) is 2.44. The van der Waals surface area contributed by atoms with Crippen LogP contribution in [0.5, 0.6) is 0 Å². The molecule has 2 aliphatic rings. The van der Waals surface area contributed by atoms with Crippen molar-refractivity contribution in [2.24, 2.45) is 0 Å². The number of nitrogens with zero attached hydrogens (tertiary/aromatic N) is 1. The van der Waals surface area contributed by atoms with Crippen LogP contribution in [-0.2, 0) is 17.3 Å². The summed E-state index contributed by atoms with van der Waals surface area (Å²) >= 11 is 9.33. The van der Waals surface area contributed by atoms with E-state index in [2.05, 4.69) is 9.97 Å². The number of rotatable bonds is 3. The van der Waals surface area contributed by atoms with Crippen LogP contribution in [0, 0.1) is 4.64 Å². The molecule has 1 aromatic rings. The first-order chi connectivity index (χ1) is 8.33. The van der Waals surface area contributed by atoms with Crippen molar-refractivity contribution >= 4 is 35.7 Å². The Bertz CT molecular complexity index is 463. The maximum absolute atomic E-state index is 5.36. The minimum atomic E-state index is 0.825. The number of hydrogen-bond acceptors (Lipinski definition) is 4. The minimum absolute atomic E-state index is 0.825. The van der Waals surface area contributed by atoms with Crippen LogP contribution >= 0.6 is 35.7 Å². The van der Waals surface area contributed by atoms with Crippen molar-refractivity contribution in [1.82, 2.24) is 9.97 Å². The van der Waals surface area contributed by atoms with Crippen molar-refractivity contribution in [2.75, 3.05) is 0 Å². The molecule has 0 amide bonds. The van der Waals surface area contributed by atoms with Crippen molar-refractivity contribution in [2.45, 2.75) is 48.2 Å². The Morgan fingerprint density at radius 2 is 2.18 bits per heavy atom. The molecule has 2 heterocycles. The lowest BCUT2D eigenvalue weighted by molar-refractivity contribution is 0.886. The molecule has 1 aliphatic heterocycles. The smallest absolute Gasteiger partial charge is 0.134 e. The van der Waals surface area contributed by atoms with E-state index in [0.29, 0.717) is 0 Å². The van der Waals surface area contributed by atoms with Crippen LogP contribution in [-0.4, -0.2) is 15.2 Å². The van der Waals surface area contributed by atoms with Crippen molar-refractivity contribution in [3.63, 3.8) is 0 Å². The summed E-state index contributed by atoms with van der Waals surface area (Å²) in [4.78, 5) is 8.00. The fourth-order valence-corrected chi connectivity index (χ4v) is 5.11. The molecule has 5 heteroatoms. The second-order valence-electron chi connectivity index (χ2n) is 4.66. The van der Waals surface area contributed by atoms with Gasteiger partial charge in [0.15, 0.2) is 0 Å². The van der Waals surface area contributed by atoms with E-state index >= 15 is 0 Å². The molecule has 1 aliphatic carbocycles. The van der Waals surface area contributed by atoms with E-state index in [1.807, 2.05) is 23.5 Å². The van der Waals surface area contributed by atoms with E-state index < -0.39 is 0 Å². The number of thioether (sulfide) groups is 2. The largest absolute Gasteiger partial charge is 0.345 e. The molecule has 1 fully saturated rings. The van der Waals surface area contributed by atoms with Crippen molar-refractivity contribution < 1.29 is 0 Å². The second kappa shape index (κ2) is 5.33. The second-order valence-corrected chi connectivity index (χ2v) is 7.32. The summed E-state index contributed by atoms with van der Waals surface area (Å²) in [7, 11) is 0. The Kier molecular flexibility index (Phi) is 3.78. The Hall–Kier alpha value is -0.000000000000000111. The minimum Gasteiger partial charge on any atom is -0.345 e. The number of hydrogen-bond donors (Lipinski definition) is 1. The van der Waals surface area contributed by atoms with Crippen molar-refractivity contribution in [3.05, 3.63) is 21.7 Å². The molecule has 0 bridgehead atoms. The van der Waals surface area contributed by atoms with Gasteiger partial charge in [-0.15, -0.1) is 0 Å². The van der Waals surface area contributed by atoms with Gasteiger partial charge in [-0.3, -0.25) is 0 Å². The highest BCUT2D eigenvalue weighted by molar-refractivity contribution is 7.99. The van der Waals surface area contributed by atoms with Crippen LogP contribution in [0.15, 0.2) is 0 Å². The summed E-state index contributed by atoms with van der Waals surface area (Å²) in [5, 5.41) is 0.849. The average Bonchev–Trinajstić information content (AvgIpc) is 2.97. The van der Waals surface area contributed by atoms with Crippen LogP contribution in [0.2, 0.25) is 0 Å². The highest BCUT2D eigenvalue weighted by Crippen LogP contribution is 2.32. The van der Waals surface area contributed by atoms with E-state index in [4.69, 9.17) is 12.2 Å².